The largest absolute Gasteiger partial charge is 0.497 e. The first-order valence-electron chi connectivity index (χ1n) is 8.81. The molecule has 0 spiro atoms. The zero-order valence-electron chi connectivity index (χ0n) is 15.3. The van der Waals surface area contributed by atoms with Gasteiger partial charge in [0, 0.05) is 31.6 Å². The number of hydrogen-bond acceptors (Lipinski definition) is 9. The third kappa shape index (κ3) is 3.63. The van der Waals surface area contributed by atoms with Crippen molar-refractivity contribution in [2.24, 2.45) is 20.0 Å². The number of amidine groups is 1. The van der Waals surface area contributed by atoms with Crippen molar-refractivity contribution >= 4 is 29.9 Å². The van der Waals surface area contributed by atoms with Crippen LogP contribution in [-0.2, 0) is 4.74 Å². The van der Waals surface area contributed by atoms with E-state index in [-0.39, 0.29) is 12.2 Å². The Morgan fingerprint density at radius 2 is 1.93 bits per heavy atom. The summed E-state index contributed by atoms with van der Waals surface area (Å²) in [6, 6.07) is 5.34. The topological polar surface area (TPSA) is 92.4 Å². The molecule has 9 heteroatoms. The Balaban J connectivity index is 1.63. The SMILES string of the molecule is COc1ccc(NC2=N[C@H]3N=CC=N[C@@H]3C(N3CCOCC3)=N2)c(OC)c1. The molecule has 0 amide bonds. The molecule has 3 heterocycles. The molecular weight excluding hydrogens is 348 g/mol. The molecule has 0 radical (unpaired) electrons. The van der Waals surface area contributed by atoms with Crippen LogP contribution in [-0.4, -0.2) is 81.9 Å². The van der Waals surface area contributed by atoms with Gasteiger partial charge in [-0.2, -0.15) is 4.99 Å². The van der Waals surface area contributed by atoms with E-state index >= 15 is 0 Å². The minimum atomic E-state index is -0.322. The third-order valence-corrected chi connectivity index (χ3v) is 4.56. The smallest absolute Gasteiger partial charge is 0.226 e. The number of methoxy groups -OCH3 is 2. The second-order valence-electron chi connectivity index (χ2n) is 6.17. The van der Waals surface area contributed by atoms with E-state index in [1.165, 1.54) is 0 Å². The molecule has 0 saturated carbocycles. The Bertz CT molecular complexity index is 813. The summed E-state index contributed by atoms with van der Waals surface area (Å²) in [5, 5.41) is 3.25. The van der Waals surface area contributed by atoms with Crippen LogP contribution in [0.3, 0.4) is 0 Å². The number of hydrogen-bond donors (Lipinski definition) is 1. The molecule has 1 saturated heterocycles. The zero-order chi connectivity index (χ0) is 18.6. The van der Waals surface area contributed by atoms with Gasteiger partial charge in [-0.25, -0.2) is 4.99 Å². The number of morpholine rings is 1. The standard InChI is InChI=1S/C18H22N6O3/c1-25-12-3-4-13(14(11-12)26-2)21-18-22-16-15(19-5-6-20-16)17(23-18)24-7-9-27-10-8-24/h3-6,11,15-16H,7-10H2,1-2H3,(H,21,22)/t15-,16+/m0/s1. The fraction of sp³-hybridized carbons (Fsp3) is 0.444. The van der Waals surface area contributed by atoms with Gasteiger partial charge in [0.1, 0.15) is 23.4 Å². The summed E-state index contributed by atoms with van der Waals surface area (Å²) in [4.78, 5) is 20.6. The van der Waals surface area contributed by atoms with Gasteiger partial charge in [0.05, 0.1) is 33.1 Å². The van der Waals surface area contributed by atoms with Crippen molar-refractivity contribution in [1.29, 1.82) is 0 Å². The van der Waals surface area contributed by atoms with Crippen molar-refractivity contribution in [1.82, 2.24) is 4.90 Å². The highest BCUT2D eigenvalue weighted by molar-refractivity contribution is 6.18. The van der Waals surface area contributed by atoms with Gasteiger partial charge < -0.3 is 24.4 Å². The first-order valence-corrected chi connectivity index (χ1v) is 8.81. The lowest BCUT2D eigenvalue weighted by atomic mass is 10.1. The molecule has 9 nitrogen and oxygen atoms in total. The Hall–Kier alpha value is -2.94. The van der Waals surface area contributed by atoms with Gasteiger partial charge in [0.25, 0.3) is 0 Å². The van der Waals surface area contributed by atoms with Crippen LogP contribution in [0, 0.1) is 0 Å². The average molecular weight is 370 g/mol. The fourth-order valence-corrected chi connectivity index (χ4v) is 3.18. The van der Waals surface area contributed by atoms with E-state index in [1.54, 1.807) is 26.6 Å². The molecule has 1 fully saturated rings. The summed E-state index contributed by atoms with van der Waals surface area (Å²) in [6.45, 7) is 2.91. The highest BCUT2D eigenvalue weighted by Gasteiger charge is 2.34. The molecule has 142 valence electrons. The Labute approximate surface area is 157 Å². The molecule has 3 aliphatic rings. The molecule has 1 aromatic rings. The molecular formula is C18H22N6O3. The Kier molecular flexibility index (Phi) is 5.01. The van der Waals surface area contributed by atoms with Gasteiger partial charge in [-0.1, -0.05) is 0 Å². The van der Waals surface area contributed by atoms with Crippen LogP contribution in [0.25, 0.3) is 0 Å². The van der Waals surface area contributed by atoms with E-state index in [0.717, 1.165) is 24.6 Å². The maximum absolute atomic E-state index is 5.46. The number of aliphatic imine (C=N–C) groups is 4. The first-order chi connectivity index (χ1) is 13.3. The molecule has 0 unspecified atom stereocenters. The van der Waals surface area contributed by atoms with E-state index in [9.17, 15) is 0 Å². The lowest BCUT2D eigenvalue weighted by Crippen LogP contribution is -2.51. The van der Waals surface area contributed by atoms with Gasteiger partial charge in [0.15, 0.2) is 6.17 Å². The molecule has 0 aromatic heterocycles. The van der Waals surface area contributed by atoms with Crippen molar-refractivity contribution in [3.05, 3.63) is 18.2 Å². The van der Waals surface area contributed by atoms with Crippen LogP contribution in [0.4, 0.5) is 5.69 Å². The van der Waals surface area contributed by atoms with Crippen LogP contribution in [0.5, 0.6) is 11.5 Å². The van der Waals surface area contributed by atoms with Crippen molar-refractivity contribution in [2.45, 2.75) is 12.2 Å². The predicted octanol–water partition coefficient (Wildman–Crippen LogP) is 1.07. The monoisotopic (exact) mass is 370 g/mol. The normalized spacial score (nSPS) is 24.0. The number of fused-ring (bicyclic) bond motifs is 1. The Morgan fingerprint density at radius 1 is 1.11 bits per heavy atom. The number of ether oxygens (including phenoxy) is 3. The number of benzene rings is 1. The van der Waals surface area contributed by atoms with Crippen molar-refractivity contribution < 1.29 is 14.2 Å². The summed E-state index contributed by atoms with van der Waals surface area (Å²) < 4.78 is 16.2. The van der Waals surface area contributed by atoms with Gasteiger partial charge >= 0.3 is 0 Å². The van der Waals surface area contributed by atoms with Crippen molar-refractivity contribution in [3.8, 4) is 11.5 Å². The second-order valence-corrected chi connectivity index (χ2v) is 6.17. The third-order valence-electron chi connectivity index (χ3n) is 4.56. The Morgan fingerprint density at radius 3 is 2.70 bits per heavy atom. The van der Waals surface area contributed by atoms with E-state index in [2.05, 4.69) is 25.2 Å². The number of anilines is 1. The molecule has 27 heavy (non-hydrogen) atoms. The zero-order valence-corrected chi connectivity index (χ0v) is 15.3. The summed E-state index contributed by atoms with van der Waals surface area (Å²) in [5.74, 6) is 2.70. The summed E-state index contributed by atoms with van der Waals surface area (Å²) >= 11 is 0. The van der Waals surface area contributed by atoms with Crippen LogP contribution in [0.15, 0.2) is 38.2 Å². The quantitative estimate of drug-likeness (QED) is 0.859. The average Bonchev–Trinajstić information content (AvgIpc) is 2.74. The van der Waals surface area contributed by atoms with Crippen molar-refractivity contribution in [2.75, 3.05) is 45.8 Å². The first kappa shape index (κ1) is 17.5. The molecule has 3 aliphatic heterocycles. The maximum Gasteiger partial charge on any atom is 0.226 e. The molecule has 0 aliphatic carbocycles. The number of rotatable bonds is 3. The minimum absolute atomic E-state index is 0.198. The highest BCUT2D eigenvalue weighted by atomic mass is 16.5. The van der Waals surface area contributed by atoms with E-state index in [0.29, 0.717) is 30.7 Å². The summed E-state index contributed by atoms with van der Waals surface area (Å²) in [7, 11) is 3.23. The van der Waals surface area contributed by atoms with Crippen LogP contribution in [0.1, 0.15) is 0 Å². The van der Waals surface area contributed by atoms with Crippen LogP contribution < -0.4 is 14.8 Å². The van der Waals surface area contributed by atoms with Crippen LogP contribution in [0.2, 0.25) is 0 Å². The van der Waals surface area contributed by atoms with Gasteiger partial charge in [-0.3, -0.25) is 9.98 Å². The number of guanidine groups is 1. The van der Waals surface area contributed by atoms with Gasteiger partial charge in [-0.15, -0.1) is 0 Å². The minimum Gasteiger partial charge on any atom is -0.497 e. The number of nitrogens with zero attached hydrogens (tertiary/aromatic N) is 5. The summed E-state index contributed by atoms with van der Waals surface area (Å²) in [5.41, 5.74) is 0.754. The summed E-state index contributed by atoms with van der Waals surface area (Å²) in [6.07, 6.45) is 3.06. The molecule has 1 N–H and O–H groups in total. The van der Waals surface area contributed by atoms with E-state index in [4.69, 9.17) is 19.2 Å². The molecule has 1 aromatic carbocycles. The molecule has 2 atom stereocenters. The maximum atomic E-state index is 5.46. The fourth-order valence-electron chi connectivity index (χ4n) is 3.18. The lowest BCUT2D eigenvalue weighted by molar-refractivity contribution is 0.0665. The lowest BCUT2D eigenvalue weighted by Gasteiger charge is -2.35. The van der Waals surface area contributed by atoms with E-state index < -0.39 is 0 Å². The number of nitrogens with one attached hydrogen (secondary N) is 1. The molecule has 0 bridgehead atoms. The van der Waals surface area contributed by atoms with Gasteiger partial charge in [0.2, 0.25) is 5.96 Å². The highest BCUT2D eigenvalue weighted by Crippen LogP contribution is 2.30. The van der Waals surface area contributed by atoms with Crippen LogP contribution >= 0.6 is 0 Å². The predicted molar refractivity (Wildman–Crippen MR) is 105 cm³/mol. The molecule has 4 rings (SSSR count). The van der Waals surface area contributed by atoms with Gasteiger partial charge in [-0.05, 0) is 12.1 Å². The van der Waals surface area contributed by atoms with E-state index in [1.807, 2.05) is 18.2 Å². The van der Waals surface area contributed by atoms with Crippen molar-refractivity contribution in [3.63, 3.8) is 0 Å². The second kappa shape index (κ2) is 7.75.